The minimum Gasteiger partial charge on any atom is -0.324 e. The number of hydrogen-bond donors (Lipinski definition) is 0. The summed E-state index contributed by atoms with van der Waals surface area (Å²) in [6.07, 6.45) is 22.8. The van der Waals surface area contributed by atoms with Crippen LogP contribution in [0, 0.1) is 34.5 Å². The summed E-state index contributed by atoms with van der Waals surface area (Å²) in [5, 5.41) is 0. The Morgan fingerprint density at radius 1 is 0.750 bits per heavy atom. The van der Waals surface area contributed by atoms with Crippen molar-refractivity contribution in [2.24, 2.45) is 34.5 Å². The van der Waals surface area contributed by atoms with Crippen molar-refractivity contribution in [3.8, 4) is 0 Å². The van der Waals surface area contributed by atoms with E-state index in [0.717, 1.165) is 35.8 Å². The Morgan fingerprint density at radius 3 is 2.25 bits per heavy atom. The Labute approximate surface area is 199 Å². The highest BCUT2D eigenvalue weighted by atomic mass is 15.4. The third kappa shape index (κ3) is 3.55. The zero-order valence-electron chi connectivity index (χ0n) is 21.8. The molecule has 2 heteroatoms. The van der Waals surface area contributed by atoms with Gasteiger partial charge in [0.15, 0.2) is 0 Å². The Balaban J connectivity index is 1.21. The minimum absolute atomic E-state index is 0.645. The average Bonchev–Trinajstić information content (AvgIpc) is 3.18. The molecule has 3 unspecified atom stereocenters. The quantitative estimate of drug-likeness (QED) is 0.422. The summed E-state index contributed by atoms with van der Waals surface area (Å²) in [5.74, 6) is 4.17. The lowest BCUT2D eigenvalue weighted by atomic mass is 9.45. The Hall–Kier alpha value is -0.0800. The van der Waals surface area contributed by atoms with Crippen LogP contribution < -0.4 is 0 Å². The maximum atomic E-state index is 2.94. The molecule has 6 fully saturated rings. The van der Waals surface area contributed by atoms with Crippen molar-refractivity contribution in [1.29, 1.82) is 0 Å². The van der Waals surface area contributed by atoms with Gasteiger partial charge in [-0.2, -0.15) is 0 Å². The third-order valence-electron chi connectivity index (χ3n) is 13.0. The summed E-state index contributed by atoms with van der Waals surface area (Å²) in [5.41, 5.74) is 1.31. The highest BCUT2D eigenvalue weighted by molar-refractivity contribution is 5.09. The molecule has 4 aliphatic carbocycles. The molecule has 0 aromatic carbocycles. The van der Waals surface area contributed by atoms with Crippen LogP contribution in [-0.4, -0.2) is 54.7 Å². The number of piperidine rings is 2. The molecule has 6 aliphatic rings. The summed E-state index contributed by atoms with van der Waals surface area (Å²) in [6.45, 7) is 11.3. The molecule has 32 heavy (non-hydrogen) atoms. The van der Waals surface area contributed by atoms with E-state index in [0.29, 0.717) is 10.8 Å². The first kappa shape index (κ1) is 22.4. The second-order valence-corrected chi connectivity index (χ2v) is 14.5. The van der Waals surface area contributed by atoms with Crippen LogP contribution in [-0.2, 0) is 0 Å². The summed E-state index contributed by atoms with van der Waals surface area (Å²) >= 11 is 0. The summed E-state index contributed by atoms with van der Waals surface area (Å²) < 4.78 is 1.43. The van der Waals surface area contributed by atoms with Gasteiger partial charge in [-0.1, -0.05) is 20.3 Å². The first-order valence-corrected chi connectivity index (χ1v) is 15.0. The lowest BCUT2D eigenvalue weighted by molar-refractivity contribution is -0.937. The average molecular weight is 442 g/mol. The number of rotatable bonds is 2. The van der Waals surface area contributed by atoms with E-state index >= 15 is 0 Å². The highest BCUT2D eigenvalue weighted by Crippen LogP contribution is 2.67. The van der Waals surface area contributed by atoms with E-state index in [-0.39, 0.29) is 0 Å². The second-order valence-electron chi connectivity index (χ2n) is 14.5. The van der Waals surface area contributed by atoms with Gasteiger partial charge in [-0.3, -0.25) is 0 Å². The van der Waals surface area contributed by atoms with Gasteiger partial charge in [-0.25, -0.2) is 0 Å². The van der Waals surface area contributed by atoms with Crippen molar-refractivity contribution in [3.05, 3.63) is 0 Å². The zero-order valence-corrected chi connectivity index (χ0v) is 21.8. The highest BCUT2D eigenvalue weighted by Gasteiger charge is 2.61. The largest absolute Gasteiger partial charge is 0.324 e. The van der Waals surface area contributed by atoms with E-state index in [4.69, 9.17) is 0 Å². The van der Waals surface area contributed by atoms with Crippen molar-refractivity contribution in [1.82, 2.24) is 4.90 Å². The number of likely N-dealkylation sites (tertiary alicyclic amines) is 2. The number of hydrogen-bond acceptors (Lipinski definition) is 1. The summed E-state index contributed by atoms with van der Waals surface area (Å²) in [7, 11) is 2.64. The Morgan fingerprint density at radius 2 is 1.47 bits per heavy atom. The molecule has 182 valence electrons. The van der Waals surface area contributed by atoms with E-state index in [1.54, 1.807) is 51.4 Å². The number of fused-ring (bicyclic) bond motifs is 5. The number of nitrogens with zero attached hydrogens (tertiary/aromatic N) is 2. The molecule has 2 heterocycles. The van der Waals surface area contributed by atoms with Crippen LogP contribution >= 0.6 is 0 Å². The molecule has 4 saturated carbocycles. The molecule has 0 aromatic heterocycles. The lowest BCUT2D eigenvalue weighted by Crippen LogP contribution is -2.56. The van der Waals surface area contributed by atoms with Crippen LogP contribution in [0.25, 0.3) is 0 Å². The molecule has 8 atom stereocenters. The molecule has 0 spiro atoms. The van der Waals surface area contributed by atoms with E-state index in [9.17, 15) is 0 Å². The molecule has 0 bridgehead atoms. The van der Waals surface area contributed by atoms with Gasteiger partial charge in [-0.15, -0.1) is 0 Å². The summed E-state index contributed by atoms with van der Waals surface area (Å²) in [4.78, 5) is 2.94. The monoisotopic (exact) mass is 441 g/mol. The molecule has 2 aliphatic heterocycles. The van der Waals surface area contributed by atoms with E-state index in [1.807, 2.05) is 0 Å². The first-order valence-electron chi connectivity index (χ1n) is 15.0. The van der Waals surface area contributed by atoms with Crippen LogP contribution in [0.2, 0.25) is 0 Å². The number of quaternary nitrogens is 1. The Kier molecular flexibility index (Phi) is 5.77. The Bertz CT molecular complexity index is 676. The normalized spacial score (nSPS) is 51.5. The van der Waals surface area contributed by atoms with Crippen molar-refractivity contribution in [2.75, 3.05) is 33.2 Å². The van der Waals surface area contributed by atoms with Crippen LogP contribution in [0.3, 0.4) is 0 Å². The molecular weight excluding hydrogens is 388 g/mol. The molecule has 0 radical (unpaired) electrons. The smallest absolute Gasteiger partial charge is 0.0896 e. The van der Waals surface area contributed by atoms with Gasteiger partial charge in [0.05, 0.1) is 26.2 Å². The van der Waals surface area contributed by atoms with Crippen LogP contribution in [0.4, 0.5) is 0 Å². The summed E-state index contributed by atoms with van der Waals surface area (Å²) in [6, 6.07) is 1.89. The molecule has 6 rings (SSSR count). The van der Waals surface area contributed by atoms with Crippen molar-refractivity contribution < 1.29 is 4.48 Å². The van der Waals surface area contributed by atoms with E-state index in [2.05, 4.69) is 25.8 Å². The van der Waals surface area contributed by atoms with Crippen LogP contribution in [0.5, 0.6) is 0 Å². The fourth-order valence-corrected chi connectivity index (χ4v) is 11.0. The minimum atomic E-state index is 0.645. The SMILES string of the molecule is C[C@]12CCC3C(CC[C@H]4CC[C@@H](N5CCCCC5)C[C@]34C)C1C[C@H]([N+]1(C)CCCCC1)C2. The fourth-order valence-electron chi connectivity index (χ4n) is 11.0. The molecule has 0 N–H and O–H groups in total. The maximum absolute atomic E-state index is 2.94. The van der Waals surface area contributed by atoms with Crippen LogP contribution in [0.15, 0.2) is 0 Å². The predicted octanol–water partition coefficient (Wildman–Crippen LogP) is 6.88. The van der Waals surface area contributed by atoms with Crippen molar-refractivity contribution in [2.45, 2.75) is 122 Å². The van der Waals surface area contributed by atoms with E-state index in [1.165, 1.54) is 75.6 Å². The fraction of sp³-hybridized carbons (Fsp3) is 1.00. The van der Waals surface area contributed by atoms with Crippen molar-refractivity contribution >= 4 is 0 Å². The van der Waals surface area contributed by atoms with Gasteiger partial charge in [0.2, 0.25) is 0 Å². The molecular formula is C30H53N2+. The molecule has 2 nitrogen and oxygen atoms in total. The lowest BCUT2D eigenvalue weighted by Gasteiger charge is -2.61. The molecule has 0 amide bonds. The molecule has 2 saturated heterocycles. The maximum Gasteiger partial charge on any atom is 0.0896 e. The van der Waals surface area contributed by atoms with Gasteiger partial charge in [0.25, 0.3) is 0 Å². The topological polar surface area (TPSA) is 3.24 Å². The van der Waals surface area contributed by atoms with Crippen LogP contribution in [0.1, 0.15) is 110 Å². The first-order chi connectivity index (χ1) is 15.4. The third-order valence-corrected chi connectivity index (χ3v) is 13.0. The van der Waals surface area contributed by atoms with E-state index < -0.39 is 0 Å². The van der Waals surface area contributed by atoms with Gasteiger partial charge in [0.1, 0.15) is 0 Å². The molecule has 0 aromatic rings. The van der Waals surface area contributed by atoms with Gasteiger partial charge < -0.3 is 9.38 Å². The van der Waals surface area contributed by atoms with Gasteiger partial charge in [0, 0.05) is 18.9 Å². The second kappa shape index (κ2) is 8.25. The standard InChI is InChI=1S/C30H53N2/c1-29-15-14-27-26(28(29)20-25(22-29)32(3)18-8-5-9-19-32)13-11-23-10-12-24(21-30(23,27)2)31-16-6-4-7-17-31/h23-28H,4-22H2,1-3H3/q+1/t23-,24-,25+,26?,27?,28?,29-,30+/m1/s1. The zero-order chi connectivity index (χ0) is 22.0. The van der Waals surface area contributed by atoms with Gasteiger partial charge >= 0.3 is 0 Å². The van der Waals surface area contributed by atoms with Gasteiger partial charge in [-0.05, 0) is 125 Å². The van der Waals surface area contributed by atoms with Crippen molar-refractivity contribution in [3.63, 3.8) is 0 Å². The predicted molar refractivity (Wildman–Crippen MR) is 134 cm³/mol.